The highest BCUT2D eigenvalue weighted by Crippen LogP contribution is 2.29. The summed E-state index contributed by atoms with van der Waals surface area (Å²) in [7, 11) is -4.11. The number of anilines is 2. The number of carbonyl (C=O) groups is 1. The maximum absolute atomic E-state index is 13.4. The largest absolute Gasteiger partial charge is 0.367 e. The van der Waals surface area contributed by atoms with Crippen LogP contribution in [0.2, 0.25) is 5.02 Å². The Labute approximate surface area is 226 Å². The van der Waals surface area contributed by atoms with Crippen molar-refractivity contribution >= 4 is 50.8 Å². The standard InChI is InChI=1S/C26H28ClN5O5S/c1-4-30(5-2)24-14-12-20(15-25(24)32(34)35)17-28-29-26(33)18-31(21-13-11-19(3)23(27)16-21)38(36,37)22-9-7-6-8-10-22/h6-17H,4-5,18H2,1-3H3,(H,29,33)/b28-17+. The van der Waals surface area contributed by atoms with Gasteiger partial charge in [-0.3, -0.25) is 19.2 Å². The van der Waals surface area contributed by atoms with Gasteiger partial charge in [-0.05, 0) is 56.7 Å². The summed E-state index contributed by atoms with van der Waals surface area (Å²) in [6.45, 7) is 6.23. The van der Waals surface area contributed by atoms with Gasteiger partial charge in [0.1, 0.15) is 12.2 Å². The van der Waals surface area contributed by atoms with Crippen LogP contribution in [0.3, 0.4) is 0 Å². The zero-order valence-corrected chi connectivity index (χ0v) is 22.7. The lowest BCUT2D eigenvalue weighted by Crippen LogP contribution is -2.39. The second kappa shape index (κ2) is 12.5. The average molecular weight is 558 g/mol. The van der Waals surface area contributed by atoms with E-state index in [2.05, 4.69) is 10.5 Å². The quantitative estimate of drug-likeness (QED) is 0.206. The molecule has 1 N–H and O–H groups in total. The van der Waals surface area contributed by atoms with Crippen LogP contribution in [0.15, 0.2) is 76.7 Å². The first-order valence-corrected chi connectivity index (χ1v) is 13.6. The number of nitrogens with zero attached hydrogens (tertiary/aromatic N) is 4. The molecule has 0 fully saturated rings. The number of amides is 1. The van der Waals surface area contributed by atoms with E-state index in [-0.39, 0.29) is 16.3 Å². The molecule has 10 nitrogen and oxygen atoms in total. The summed E-state index contributed by atoms with van der Waals surface area (Å²) in [4.78, 5) is 25.8. The molecule has 0 unspecified atom stereocenters. The maximum Gasteiger partial charge on any atom is 0.293 e. The van der Waals surface area contributed by atoms with Crippen molar-refractivity contribution in [3.8, 4) is 0 Å². The van der Waals surface area contributed by atoms with Crippen LogP contribution in [0.5, 0.6) is 0 Å². The molecule has 12 heteroatoms. The van der Waals surface area contributed by atoms with Gasteiger partial charge in [-0.2, -0.15) is 5.10 Å². The van der Waals surface area contributed by atoms with Crippen LogP contribution in [0, 0.1) is 17.0 Å². The van der Waals surface area contributed by atoms with E-state index in [1.165, 1.54) is 30.5 Å². The minimum atomic E-state index is -4.11. The van der Waals surface area contributed by atoms with Gasteiger partial charge in [0, 0.05) is 29.7 Å². The number of nitrogens with one attached hydrogen (secondary N) is 1. The third-order valence-corrected chi connectivity index (χ3v) is 7.96. The van der Waals surface area contributed by atoms with Crippen molar-refractivity contribution in [2.45, 2.75) is 25.7 Å². The third kappa shape index (κ3) is 6.67. The predicted molar refractivity (Wildman–Crippen MR) is 150 cm³/mol. The van der Waals surface area contributed by atoms with Crippen molar-refractivity contribution in [1.29, 1.82) is 0 Å². The minimum absolute atomic E-state index is 0.00796. The van der Waals surface area contributed by atoms with Crippen molar-refractivity contribution in [3.05, 3.63) is 93.0 Å². The summed E-state index contributed by atoms with van der Waals surface area (Å²) in [5, 5.41) is 15.8. The van der Waals surface area contributed by atoms with Gasteiger partial charge in [0.25, 0.3) is 21.6 Å². The molecule has 3 rings (SSSR count). The first-order chi connectivity index (χ1) is 18.1. The number of rotatable bonds is 11. The van der Waals surface area contributed by atoms with Crippen LogP contribution in [-0.2, 0) is 14.8 Å². The van der Waals surface area contributed by atoms with Gasteiger partial charge in [-0.15, -0.1) is 0 Å². The first kappa shape index (κ1) is 28.6. The van der Waals surface area contributed by atoms with Crippen molar-refractivity contribution in [2.75, 3.05) is 28.8 Å². The van der Waals surface area contributed by atoms with Crippen molar-refractivity contribution in [2.24, 2.45) is 5.10 Å². The summed E-state index contributed by atoms with van der Waals surface area (Å²) in [5.74, 6) is -0.716. The number of hydrogen-bond acceptors (Lipinski definition) is 7. The lowest BCUT2D eigenvalue weighted by Gasteiger charge is -2.24. The molecule has 0 aliphatic carbocycles. The van der Waals surface area contributed by atoms with E-state index in [1.54, 1.807) is 49.4 Å². The Morgan fingerprint density at radius 3 is 2.37 bits per heavy atom. The number of sulfonamides is 1. The molecular formula is C26H28ClN5O5S. The van der Waals surface area contributed by atoms with Crippen LogP contribution in [0.1, 0.15) is 25.0 Å². The van der Waals surface area contributed by atoms with E-state index in [0.29, 0.717) is 29.4 Å². The molecule has 0 radical (unpaired) electrons. The second-order valence-corrected chi connectivity index (χ2v) is 10.5. The molecule has 0 saturated carbocycles. The monoisotopic (exact) mass is 557 g/mol. The van der Waals surface area contributed by atoms with Crippen LogP contribution in [0.4, 0.5) is 17.1 Å². The highest BCUT2D eigenvalue weighted by molar-refractivity contribution is 7.92. The molecule has 0 bridgehead atoms. The molecule has 38 heavy (non-hydrogen) atoms. The number of hydrogen-bond donors (Lipinski definition) is 1. The Bertz CT molecular complexity index is 1440. The molecule has 0 atom stereocenters. The summed E-state index contributed by atoms with van der Waals surface area (Å²) in [6, 6.07) is 17.1. The van der Waals surface area contributed by atoms with E-state index in [9.17, 15) is 23.3 Å². The van der Waals surface area contributed by atoms with Crippen LogP contribution in [-0.4, -0.2) is 45.1 Å². The van der Waals surface area contributed by atoms with E-state index in [1.807, 2.05) is 18.7 Å². The predicted octanol–water partition coefficient (Wildman–Crippen LogP) is 4.75. The Kier molecular flexibility index (Phi) is 9.43. The van der Waals surface area contributed by atoms with Crippen LogP contribution in [0.25, 0.3) is 0 Å². The average Bonchev–Trinajstić information content (AvgIpc) is 2.90. The number of halogens is 1. The van der Waals surface area contributed by atoms with E-state index in [4.69, 9.17) is 11.6 Å². The van der Waals surface area contributed by atoms with E-state index in [0.717, 1.165) is 9.87 Å². The molecular weight excluding hydrogens is 530 g/mol. The van der Waals surface area contributed by atoms with Gasteiger partial charge < -0.3 is 4.90 Å². The second-order valence-electron chi connectivity index (χ2n) is 8.23. The Balaban J connectivity index is 1.84. The fraction of sp³-hybridized carbons (Fsp3) is 0.231. The third-order valence-electron chi connectivity index (χ3n) is 5.76. The smallest absolute Gasteiger partial charge is 0.293 e. The summed E-state index contributed by atoms with van der Waals surface area (Å²) < 4.78 is 27.7. The Morgan fingerprint density at radius 1 is 1.08 bits per heavy atom. The van der Waals surface area contributed by atoms with Gasteiger partial charge in [-0.1, -0.05) is 41.9 Å². The highest BCUT2D eigenvalue weighted by atomic mass is 35.5. The zero-order valence-electron chi connectivity index (χ0n) is 21.2. The number of nitro benzene ring substituents is 1. The fourth-order valence-electron chi connectivity index (χ4n) is 3.71. The number of nitro groups is 1. The van der Waals surface area contributed by atoms with Gasteiger partial charge in [0.05, 0.1) is 21.7 Å². The molecule has 0 saturated heterocycles. The van der Waals surface area contributed by atoms with Gasteiger partial charge in [-0.25, -0.2) is 13.8 Å². The summed E-state index contributed by atoms with van der Waals surface area (Å²) in [6.07, 6.45) is 1.26. The number of aryl methyl sites for hydroxylation is 1. The molecule has 0 aliphatic heterocycles. The highest BCUT2D eigenvalue weighted by Gasteiger charge is 2.27. The Morgan fingerprint density at radius 2 is 1.76 bits per heavy atom. The number of benzene rings is 3. The molecule has 0 aromatic heterocycles. The summed E-state index contributed by atoms with van der Waals surface area (Å²) in [5.41, 5.74) is 4.07. The molecule has 0 heterocycles. The SMILES string of the molecule is CCN(CC)c1ccc(/C=N/NC(=O)CN(c2ccc(C)c(Cl)c2)S(=O)(=O)c2ccccc2)cc1[N+](=O)[O-]. The van der Waals surface area contributed by atoms with Crippen molar-refractivity contribution < 1.29 is 18.1 Å². The lowest BCUT2D eigenvalue weighted by atomic mass is 10.1. The van der Waals surface area contributed by atoms with Gasteiger partial charge >= 0.3 is 0 Å². The first-order valence-electron chi connectivity index (χ1n) is 11.8. The zero-order chi connectivity index (χ0) is 27.9. The number of carbonyl (C=O) groups excluding carboxylic acids is 1. The Hall–Kier alpha value is -3.96. The number of hydrazone groups is 1. The topological polar surface area (TPSA) is 125 Å². The van der Waals surface area contributed by atoms with Crippen LogP contribution >= 0.6 is 11.6 Å². The minimum Gasteiger partial charge on any atom is -0.367 e. The fourth-order valence-corrected chi connectivity index (χ4v) is 5.32. The van der Waals surface area contributed by atoms with Gasteiger partial charge in [0.15, 0.2) is 0 Å². The van der Waals surface area contributed by atoms with Crippen molar-refractivity contribution in [3.63, 3.8) is 0 Å². The molecule has 0 aliphatic rings. The lowest BCUT2D eigenvalue weighted by molar-refractivity contribution is -0.384. The van der Waals surface area contributed by atoms with Gasteiger partial charge in [0.2, 0.25) is 0 Å². The normalized spacial score (nSPS) is 11.4. The summed E-state index contributed by atoms with van der Waals surface area (Å²) >= 11 is 6.23. The molecule has 3 aromatic rings. The van der Waals surface area contributed by atoms with Crippen LogP contribution < -0.4 is 14.6 Å². The molecule has 0 spiro atoms. The maximum atomic E-state index is 13.4. The van der Waals surface area contributed by atoms with Crippen molar-refractivity contribution in [1.82, 2.24) is 5.43 Å². The van der Waals surface area contributed by atoms with E-state index < -0.39 is 27.4 Å². The molecule has 1 amide bonds. The molecule has 3 aromatic carbocycles. The molecule has 200 valence electrons. The van der Waals surface area contributed by atoms with E-state index >= 15 is 0 Å².